The van der Waals surface area contributed by atoms with E-state index in [9.17, 15) is 5.11 Å². The Morgan fingerprint density at radius 1 is 1.10 bits per heavy atom. The minimum atomic E-state index is -0.565. The number of hydrogen-bond acceptors (Lipinski definition) is 8. The van der Waals surface area contributed by atoms with Gasteiger partial charge in [-0.15, -0.1) is 0 Å². The molecule has 0 radical (unpaired) electrons. The summed E-state index contributed by atoms with van der Waals surface area (Å²) < 4.78 is 17.5. The molecule has 8 heteroatoms. The van der Waals surface area contributed by atoms with E-state index in [1.165, 1.54) is 0 Å². The first-order chi connectivity index (χ1) is 13.9. The third-order valence-electron chi connectivity index (χ3n) is 6.96. The van der Waals surface area contributed by atoms with E-state index in [-0.39, 0.29) is 18.2 Å². The summed E-state index contributed by atoms with van der Waals surface area (Å²) in [5, 5.41) is 15.0. The van der Waals surface area contributed by atoms with Crippen molar-refractivity contribution in [3.63, 3.8) is 0 Å². The molecule has 0 spiro atoms. The fourth-order valence-corrected chi connectivity index (χ4v) is 5.47. The summed E-state index contributed by atoms with van der Waals surface area (Å²) in [6.45, 7) is 13.8. The molecule has 166 valence electrons. The predicted molar refractivity (Wildman–Crippen MR) is 109 cm³/mol. The molecule has 1 N–H and O–H groups in total. The van der Waals surface area contributed by atoms with E-state index in [0.29, 0.717) is 12.5 Å². The summed E-state index contributed by atoms with van der Waals surface area (Å²) in [6, 6.07) is 0.206. The first-order valence-corrected chi connectivity index (χ1v) is 11.1. The van der Waals surface area contributed by atoms with Gasteiger partial charge in [0, 0.05) is 38.6 Å². The Morgan fingerprint density at radius 3 is 2.41 bits per heavy atom. The van der Waals surface area contributed by atoms with Gasteiger partial charge < -0.3 is 24.2 Å². The van der Waals surface area contributed by atoms with Gasteiger partial charge in [-0.25, -0.2) is 0 Å². The number of morpholine rings is 2. The van der Waals surface area contributed by atoms with E-state index in [4.69, 9.17) is 19.0 Å². The Balaban J connectivity index is 1.44. The van der Waals surface area contributed by atoms with Crippen molar-refractivity contribution in [1.29, 1.82) is 0 Å². The zero-order valence-corrected chi connectivity index (χ0v) is 18.1. The van der Waals surface area contributed by atoms with Crippen LogP contribution in [-0.4, -0.2) is 110 Å². The zero-order chi connectivity index (χ0) is 20.5. The van der Waals surface area contributed by atoms with Gasteiger partial charge in [-0.2, -0.15) is 0 Å². The fraction of sp³-hybridized carbons (Fsp3) is 0.952. The third kappa shape index (κ3) is 4.62. The molecule has 5 rings (SSSR count). The van der Waals surface area contributed by atoms with E-state index in [1.54, 1.807) is 0 Å². The number of ether oxygens (including phenoxy) is 3. The van der Waals surface area contributed by atoms with Crippen molar-refractivity contribution < 1.29 is 24.2 Å². The predicted octanol–water partition coefficient (Wildman–Crippen LogP) is 0.730. The van der Waals surface area contributed by atoms with Gasteiger partial charge in [0.25, 0.3) is 0 Å². The topological polar surface area (TPSA) is 76.0 Å². The Labute approximate surface area is 174 Å². The van der Waals surface area contributed by atoms with Crippen LogP contribution in [0.1, 0.15) is 33.6 Å². The molecule has 29 heavy (non-hydrogen) atoms. The van der Waals surface area contributed by atoms with Gasteiger partial charge in [0.2, 0.25) is 0 Å². The summed E-state index contributed by atoms with van der Waals surface area (Å²) in [4.78, 5) is 10.4. The number of aliphatic hydroxyl groups excluding tert-OH is 1. The standard InChI is InChI=1S/C21H37N3O5/c1-20(2)17-4-5-21(3,29-20)19(18(17)24-8-12-27-13-9-24)22-28-15-16(25)14-23-6-10-26-11-7-23/h16-18,25H,4-15H2,1-3H3/b22-19-/t16?,17-,18+,21+/m1/s1. The molecule has 0 aromatic carbocycles. The Morgan fingerprint density at radius 2 is 1.76 bits per heavy atom. The number of aliphatic hydroxyl groups is 1. The lowest BCUT2D eigenvalue weighted by atomic mass is 9.64. The summed E-state index contributed by atoms with van der Waals surface area (Å²) in [5.74, 6) is 0.378. The highest BCUT2D eigenvalue weighted by Crippen LogP contribution is 2.50. The smallest absolute Gasteiger partial charge is 0.144 e. The summed E-state index contributed by atoms with van der Waals surface area (Å²) >= 11 is 0. The number of rotatable bonds is 6. The van der Waals surface area contributed by atoms with Gasteiger partial charge in [0.05, 0.1) is 38.1 Å². The van der Waals surface area contributed by atoms with Crippen molar-refractivity contribution in [3.8, 4) is 0 Å². The van der Waals surface area contributed by atoms with Crippen LogP contribution in [0.5, 0.6) is 0 Å². The van der Waals surface area contributed by atoms with Crippen LogP contribution in [0.15, 0.2) is 5.16 Å². The zero-order valence-electron chi connectivity index (χ0n) is 18.1. The largest absolute Gasteiger partial charge is 0.393 e. The molecule has 1 unspecified atom stereocenters. The van der Waals surface area contributed by atoms with Crippen LogP contribution >= 0.6 is 0 Å². The van der Waals surface area contributed by atoms with Crippen LogP contribution in [0.2, 0.25) is 0 Å². The molecule has 1 aliphatic carbocycles. The maximum atomic E-state index is 10.4. The minimum absolute atomic E-state index is 0.190. The van der Waals surface area contributed by atoms with Crippen LogP contribution in [0.3, 0.4) is 0 Å². The molecule has 0 aromatic heterocycles. The molecule has 1 saturated carbocycles. The second kappa shape index (κ2) is 8.77. The lowest BCUT2D eigenvalue weighted by Crippen LogP contribution is -2.71. The fourth-order valence-electron chi connectivity index (χ4n) is 5.47. The number of nitrogens with zero attached hydrogens (tertiary/aromatic N) is 3. The van der Waals surface area contributed by atoms with Gasteiger partial charge in [0.1, 0.15) is 24.0 Å². The first-order valence-electron chi connectivity index (χ1n) is 11.1. The average molecular weight is 412 g/mol. The van der Waals surface area contributed by atoms with Crippen LogP contribution in [0, 0.1) is 5.92 Å². The average Bonchev–Trinajstić information content (AvgIpc) is 2.69. The maximum absolute atomic E-state index is 10.4. The maximum Gasteiger partial charge on any atom is 0.144 e. The van der Waals surface area contributed by atoms with E-state index in [2.05, 4.69) is 35.7 Å². The van der Waals surface area contributed by atoms with Crippen molar-refractivity contribution in [2.24, 2.45) is 11.1 Å². The monoisotopic (exact) mass is 411 g/mol. The highest BCUT2D eigenvalue weighted by atomic mass is 16.6. The molecule has 4 atom stereocenters. The number of hydrogen-bond donors (Lipinski definition) is 1. The van der Waals surface area contributed by atoms with E-state index in [0.717, 1.165) is 71.2 Å². The molecule has 4 saturated heterocycles. The van der Waals surface area contributed by atoms with Gasteiger partial charge in [-0.3, -0.25) is 9.80 Å². The number of β-amino-alcohol motifs (C(OH)–C–C–N with tert-alkyl or cyclic N) is 1. The number of oxime groups is 1. The van der Waals surface area contributed by atoms with Gasteiger partial charge in [-0.1, -0.05) is 5.16 Å². The van der Waals surface area contributed by atoms with Crippen LogP contribution in [-0.2, 0) is 19.0 Å². The van der Waals surface area contributed by atoms with Crippen molar-refractivity contribution in [3.05, 3.63) is 0 Å². The lowest BCUT2D eigenvalue weighted by molar-refractivity contribution is -0.199. The van der Waals surface area contributed by atoms with E-state index in [1.807, 2.05) is 0 Å². The van der Waals surface area contributed by atoms with E-state index >= 15 is 0 Å². The number of fused-ring (bicyclic) bond motifs is 3. The molecule has 2 bridgehead atoms. The van der Waals surface area contributed by atoms with Crippen molar-refractivity contribution in [2.45, 2.75) is 57.0 Å². The Kier molecular flexibility index (Phi) is 6.49. The second-order valence-electron chi connectivity index (χ2n) is 9.51. The van der Waals surface area contributed by atoms with Crippen LogP contribution < -0.4 is 0 Å². The normalized spacial score (nSPS) is 38.3. The first kappa shape index (κ1) is 21.5. The minimum Gasteiger partial charge on any atom is -0.393 e. The molecule has 0 amide bonds. The molecule has 5 aliphatic rings. The van der Waals surface area contributed by atoms with Crippen LogP contribution in [0.4, 0.5) is 0 Å². The highest BCUT2D eigenvalue weighted by molar-refractivity contribution is 5.98. The molecule has 0 aromatic rings. The Hall–Kier alpha value is -0.770. The molecule has 4 heterocycles. The third-order valence-corrected chi connectivity index (χ3v) is 6.96. The van der Waals surface area contributed by atoms with E-state index < -0.39 is 11.7 Å². The van der Waals surface area contributed by atoms with Crippen molar-refractivity contribution in [1.82, 2.24) is 9.80 Å². The molecular formula is C21H37N3O5. The van der Waals surface area contributed by atoms with Gasteiger partial charge >= 0.3 is 0 Å². The van der Waals surface area contributed by atoms with Crippen molar-refractivity contribution in [2.75, 3.05) is 65.8 Å². The Bertz CT molecular complexity index is 589. The summed E-state index contributed by atoms with van der Waals surface area (Å²) in [7, 11) is 0. The summed E-state index contributed by atoms with van der Waals surface area (Å²) in [6.07, 6.45) is 1.52. The lowest BCUT2D eigenvalue weighted by Gasteiger charge is -2.59. The van der Waals surface area contributed by atoms with Crippen LogP contribution in [0.25, 0.3) is 0 Å². The highest BCUT2D eigenvalue weighted by Gasteiger charge is 2.59. The molecule has 4 aliphatic heterocycles. The van der Waals surface area contributed by atoms with Crippen molar-refractivity contribution >= 4 is 5.71 Å². The van der Waals surface area contributed by atoms with Gasteiger partial charge in [-0.05, 0) is 33.6 Å². The second-order valence-corrected chi connectivity index (χ2v) is 9.51. The summed E-state index contributed by atoms with van der Waals surface area (Å²) in [5.41, 5.74) is 0.370. The molecule has 5 fully saturated rings. The van der Waals surface area contributed by atoms with Gasteiger partial charge in [0.15, 0.2) is 0 Å². The molecular weight excluding hydrogens is 374 g/mol. The quantitative estimate of drug-likeness (QED) is 0.646. The SMILES string of the molecule is CC1(C)O[C@@]2(C)CC[C@@H]1[C@H](N1CCOCC1)/C2=N/OCC(O)CN1CCOCC1. The molecule has 8 nitrogen and oxygen atoms in total.